The van der Waals surface area contributed by atoms with Gasteiger partial charge in [0.05, 0.1) is 10.6 Å². The Hall–Kier alpha value is -1.52. The minimum atomic E-state index is -0.145. The molecule has 3 aromatic rings. The van der Waals surface area contributed by atoms with E-state index in [1.807, 2.05) is 12.3 Å². The van der Waals surface area contributed by atoms with Crippen LogP contribution in [0.25, 0.3) is 0 Å². The molecule has 2 aliphatic rings. The molecular formula is C21H21N5S4. The van der Waals surface area contributed by atoms with Crippen molar-refractivity contribution in [3.8, 4) is 0 Å². The molecule has 1 unspecified atom stereocenters. The quantitative estimate of drug-likeness (QED) is 0.427. The Labute approximate surface area is 193 Å². The molecule has 0 spiro atoms. The van der Waals surface area contributed by atoms with E-state index in [0.29, 0.717) is 5.92 Å². The van der Waals surface area contributed by atoms with Crippen LogP contribution in [0.4, 0.5) is 5.82 Å². The maximum atomic E-state index is 6.34. The van der Waals surface area contributed by atoms with Gasteiger partial charge in [-0.1, -0.05) is 41.7 Å². The van der Waals surface area contributed by atoms with Gasteiger partial charge in [0.15, 0.2) is 0 Å². The number of benzene rings is 1. The number of allylic oxidation sites excluding steroid dienone is 1. The van der Waals surface area contributed by atoms with Gasteiger partial charge >= 0.3 is 0 Å². The number of thioether (sulfide) groups is 2. The number of aromatic nitrogens is 3. The number of nitrogens with two attached hydrogens (primary N) is 1. The number of rotatable bonds is 7. The standard InChI is InChI=1S/C21H21N5S4/c1-13-11-28-21(22)26(13)19-17(29-15-5-3-2-4-6-15)9-16(10-23-19)27-12-18-24-25-20(30-18)14-7-8-14/h2-6,9-11,14,21H,7-8,12,22H2,1H3. The topological polar surface area (TPSA) is 67.9 Å². The highest BCUT2D eigenvalue weighted by Gasteiger charge is 2.28. The van der Waals surface area contributed by atoms with Gasteiger partial charge in [-0.25, -0.2) is 4.98 Å². The van der Waals surface area contributed by atoms with E-state index in [-0.39, 0.29) is 5.50 Å². The van der Waals surface area contributed by atoms with Crippen molar-refractivity contribution < 1.29 is 0 Å². The summed E-state index contributed by atoms with van der Waals surface area (Å²) in [5.74, 6) is 2.39. The van der Waals surface area contributed by atoms with Gasteiger partial charge in [-0.3, -0.25) is 0 Å². The molecule has 9 heteroatoms. The number of hydrogen-bond donors (Lipinski definition) is 1. The maximum Gasteiger partial charge on any atom is 0.148 e. The Morgan fingerprint density at radius 2 is 2.00 bits per heavy atom. The van der Waals surface area contributed by atoms with Gasteiger partial charge in [0.2, 0.25) is 0 Å². The fraction of sp³-hybridized carbons (Fsp3) is 0.286. The fourth-order valence-electron chi connectivity index (χ4n) is 3.11. The first-order valence-electron chi connectivity index (χ1n) is 9.72. The molecule has 3 heterocycles. The lowest BCUT2D eigenvalue weighted by Gasteiger charge is -2.26. The highest BCUT2D eigenvalue weighted by atomic mass is 32.2. The molecule has 2 N–H and O–H groups in total. The van der Waals surface area contributed by atoms with E-state index in [1.165, 1.54) is 22.7 Å². The van der Waals surface area contributed by atoms with E-state index in [1.54, 1.807) is 46.6 Å². The van der Waals surface area contributed by atoms with Gasteiger partial charge in [-0.2, -0.15) is 0 Å². The Balaban J connectivity index is 1.39. The van der Waals surface area contributed by atoms with Crippen molar-refractivity contribution in [3.05, 3.63) is 63.7 Å². The van der Waals surface area contributed by atoms with Gasteiger partial charge in [-0.05, 0) is 43.4 Å². The minimum absolute atomic E-state index is 0.145. The van der Waals surface area contributed by atoms with E-state index >= 15 is 0 Å². The fourth-order valence-corrected chi connectivity index (χ4v) is 6.89. The lowest BCUT2D eigenvalue weighted by molar-refractivity contribution is 0.848. The van der Waals surface area contributed by atoms with E-state index < -0.39 is 0 Å². The molecule has 1 fully saturated rings. The second kappa shape index (κ2) is 8.92. The lowest BCUT2D eigenvalue weighted by Crippen LogP contribution is -2.35. The van der Waals surface area contributed by atoms with Crippen LogP contribution in [0.3, 0.4) is 0 Å². The first kappa shape index (κ1) is 20.4. The van der Waals surface area contributed by atoms with Crippen molar-refractivity contribution >= 4 is 52.4 Å². The van der Waals surface area contributed by atoms with Crippen molar-refractivity contribution in [2.24, 2.45) is 5.73 Å². The molecule has 1 saturated carbocycles. The highest BCUT2D eigenvalue weighted by molar-refractivity contribution is 8.03. The SMILES string of the molecule is CC1=CSC(N)N1c1ncc(SCc2nnc(C3CC3)s2)cc1Sc1ccccc1. The molecule has 154 valence electrons. The molecule has 0 amide bonds. The molecular weight excluding hydrogens is 451 g/mol. The van der Waals surface area contributed by atoms with Crippen LogP contribution in [0.1, 0.15) is 35.7 Å². The summed E-state index contributed by atoms with van der Waals surface area (Å²) in [5, 5.41) is 13.1. The number of anilines is 1. The number of nitrogens with zero attached hydrogens (tertiary/aromatic N) is 4. The summed E-state index contributed by atoms with van der Waals surface area (Å²) in [6.45, 7) is 2.08. The first-order chi connectivity index (χ1) is 14.7. The van der Waals surface area contributed by atoms with Crippen LogP contribution in [0.5, 0.6) is 0 Å². The second-order valence-electron chi connectivity index (χ2n) is 7.16. The number of hydrogen-bond acceptors (Lipinski definition) is 9. The van der Waals surface area contributed by atoms with Crippen LogP contribution in [0, 0.1) is 0 Å². The Kier molecular flexibility index (Phi) is 6.06. The van der Waals surface area contributed by atoms with Crippen molar-refractivity contribution in [3.63, 3.8) is 0 Å². The van der Waals surface area contributed by atoms with E-state index in [4.69, 9.17) is 10.7 Å². The molecule has 2 aromatic heterocycles. The molecule has 1 aromatic carbocycles. The molecule has 30 heavy (non-hydrogen) atoms. The molecule has 1 aliphatic heterocycles. The Morgan fingerprint density at radius 1 is 1.17 bits per heavy atom. The minimum Gasteiger partial charge on any atom is -0.303 e. The van der Waals surface area contributed by atoms with Crippen LogP contribution in [0.15, 0.2) is 68.4 Å². The summed E-state index contributed by atoms with van der Waals surface area (Å²) in [6.07, 6.45) is 4.47. The molecule has 5 rings (SSSR count). The van der Waals surface area contributed by atoms with Crippen LogP contribution in [0.2, 0.25) is 0 Å². The monoisotopic (exact) mass is 471 g/mol. The Bertz CT molecular complexity index is 1060. The van der Waals surface area contributed by atoms with Crippen molar-refractivity contribution in [1.82, 2.24) is 15.2 Å². The van der Waals surface area contributed by atoms with Gasteiger partial charge in [-0.15, -0.1) is 33.3 Å². The van der Waals surface area contributed by atoms with Gasteiger partial charge in [0, 0.05) is 27.6 Å². The average Bonchev–Trinajstić information content (AvgIpc) is 3.41. The van der Waals surface area contributed by atoms with E-state index in [0.717, 1.165) is 32.1 Å². The highest BCUT2D eigenvalue weighted by Crippen LogP contribution is 2.43. The van der Waals surface area contributed by atoms with Gasteiger partial charge in [0.1, 0.15) is 21.3 Å². The van der Waals surface area contributed by atoms with Crippen molar-refractivity contribution in [1.29, 1.82) is 0 Å². The van der Waals surface area contributed by atoms with Crippen molar-refractivity contribution in [2.45, 2.75) is 51.6 Å². The number of pyridine rings is 1. The van der Waals surface area contributed by atoms with Crippen molar-refractivity contribution in [2.75, 3.05) is 4.90 Å². The van der Waals surface area contributed by atoms with Gasteiger partial charge in [0.25, 0.3) is 0 Å². The van der Waals surface area contributed by atoms with E-state index in [9.17, 15) is 0 Å². The summed E-state index contributed by atoms with van der Waals surface area (Å²) in [5.41, 5.74) is 7.31. The third-order valence-corrected chi connectivity index (χ3v) is 9.03. The van der Waals surface area contributed by atoms with E-state index in [2.05, 4.69) is 57.8 Å². The zero-order valence-electron chi connectivity index (χ0n) is 16.4. The van der Waals surface area contributed by atoms with Crippen LogP contribution < -0.4 is 10.6 Å². The normalized spacial score (nSPS) is 18.7. The summed E-state index contributed by atoms with van der Waals surface area (Å²) in [4.78, 5) is 10.4. The molecule has 1 aliphatic carbocycles. The van der Waals surface area contributed by atoms with Crippen LogP contribution >= 0.6 is 46.6 Å². The summed E-state index contributed by atoms with van der Waals surface area (Å²) in [7, 11) is 0. The first-order valence-corrected chi connectivity index (χ1v) is 13.3. The molecule has 0 saturated heterocycles. The largest absolute Gasteiger partial charge is 0.303 e. The summed E-state index contributed by atoms with van der Waals surface area (Å²) in [6, 6.07) is 12.6. The average molecular weight is 472 g/mol. The Morgan fingerprint density at radius 3 is 2.73 bits per heavy atom. The summed E-state index contributed by atoms with van der Waals surface area (Å²) >= 11 is 6.85. The van der Waals surface area contributed by atoms with Crippen LogP contribution in [-0.2, 0) is 5.75 Å². The molecule has 5 nitrogen and oxygen atoms in total. The molecule has 1 atom stereocenters. The molecule has 0 radical (unpaired) electrons. The summed E-state index contributed by atoms with van der Waals surface area (Å²) < 4.78 is 0. The second-order valence-corrected chi connectivity index (χ2v) is 11.4. The zero-order valence-corrected chi connectivity index (χ0v) is 19.7. The molecule has 0 bridgehead atoms. The van der Waals surface area contributed by atoms with Gasteiger partial charge < -0.3 is 10.6 Å². The lowest BCUT2D eigenvalue weighted by atomic mass is 10.4. The third kappa shape index (κ3) is 4.55. The maximum absolute atomic E-state index is 6.34. The smallest absolute Gasteiger partial charge is 0.148 e. The zero-order chi connectivity index (χ0) is 20.5. The van der Waals surface area contributed by atoms with Crippen LogP contribution in [-0.4, -0.2) is 20.7 Å². The predicted molar refractivity (Wildman–Crippen MR) is 128 cm³/mol. The third-order valence-electron chi connectivity index (χ3n) is 4.79. The predicted octanol–water partition coefficient (Wildman–Crippen LogP) is 5.91.